The van der Waals surface area contributed by atoms with E-state index in [2.05, 4.69) is 10.2 Å². The first-order chi connectivity index (χ1) is 25.0. The van der Waals surface area contributed by atoms with Crippen LogP contribution in [-0.4, -0.2) is 93.6 Å². The summed E-state index contributed by atoms with van der Waals surface area (Å²) in [5.41, 5.74) is 1.35. The van der Waals surface area contributed by atoms with Gasteiger partial charge in [-0.25, -0.2) is 9.59 Å². The molecule has 1 unspecified atom stereocenters. The van der Waals surface area contributed by atoms with E-state index in [0.717, 1.165) is 6.42 Å². The first kappa shape index (κ1) is 42.5. The molecule has 288 valence electrons. The smallest absolute Gasteiger partial charge is 0.338 e. The second-order valence-electron chi connectivity index (χ2n) is 13.1. The van der Waals surface area contributed by atoms with E-state index in [9.17, 15) is 29.7 Å². The van der Waals surface area contributed by atoms with Gasteiger partial charge in [-0.15, -0.1) is 0 Å². The van der Waals surface area contributed by atoms with Gasteiger partial charge in [0.05, 0.1) is 49.6 Å². The average molecular weight is 731 g/mol. The largest absolute Gasteiger partial charge is 0.493 e. The highest BCUT2D eigenvalue weighted by atomic mass is 17.1. The van der Waals surface area contributed by atoms with Crippen LogP contribution in [0.2, 0.25) is 0 Å². The first-order valence-electron chi connectivity index (χ1n) is 17.9. The molecule has 6 atom stereocenters. The molecule has 1 amide bonds. The topological polar surface area (TPSA) is 205 Å². The van der Waals surface area contributed by atoms with E-state index in [4.69, 9.17) is 24.6 Å². The van der Waals surface area contributed by atoms with Crippen LogP contribution in [0.5, 0.6) is 11.5 Å². The molecule has 3 rings (SSSR count). The van der Waals surface area contributed by atoms with Gasteiger partial charge in [-0.1, -0.05) is 42.5 Å². The number of hydrogen-bond donors (Lipinski definition) is 6. The SMILES string of the molecule is COc1cc(C(=O)OCCCCON(O)O)ccc1OC(=O)C(C)NC(=O)CCC/C=C\C[C@@H]1[C@@H](CC[C@@H](O)CCc2ccccc2)[C@H](O)C[C@@H]1O. The van der Waals surface area contributed by atoms with Crippen molar-refractivity contribution in [1.29, 1.82) is 0 Å². The van der Waals surface area contributed by atoms with Gasteiger partial charge in [0.15, 0.2) is 11.5 Å². The molecule has 0 bridgehead atoms. The van der Waals surface area contributed by atoms with E-state index in [1.165, 1.54) is 37.8 Å². The third-order valence-electron chi connectivity index (χ3n) is 9.13. The predicted molar refractivity (Wildman–Crippen MR) is 188 cm³/mol. The van der Waals surface area contributed by atoms with Crippen molar-refractivity contribution in [3.63, 3.8) is 0 Å². The lowest BCUT2D eigenvalue weighted by molar-refractivity contribution is -0.492. The molecule has 1 saturated carbocycles. The number of aryl methyl sites for hydroxylation is 1. The molecule has 6 N–H and O–H groups in total. The summed E-state index contributed by atoms with van der Waals surface area (Å²) in [5, 5.41) is 50.9. The molecule has 52 heavy (non-hydrogen) atoms. The lowest BCUT2D eigenvalue weighted by atomic mass is 9.85. The van der Waals surface area contributed by atoms with Crippen molar-refractivity contribution in [1.82, 2.24) is 10.7 Å². The number of ether oxygens (including phenoxy) is 3. The Morgan fingerprint density at radius 2 is 1.67 bits per heavy atom. The first-order valence-corrected chi connectivity index (χ1v) is 17.9. The molecule has 14 nitrogen and oxygen atoms in total. The van der Waals surface area contributed by atoms with Gasteiger partial charge < -0.3 is 34.8 Å². The molecular formula is C38H54N2O12. The number of nitrogens with zero attached hydrogens (tertiary/aromatic N) is 1. The number of benzene rings is 2. The van der Waals surface area contributed by atoms with Crippen LogP contribution >= 0.6 is 0 Å². The molecule has 2 aromatic carbocycles. The third-order valence-corrected chi connectivity index (χ3v) is 9.13. The molecule has 2 aromatic rings. The van der Waals surface area contributed by atoms with Crippen LogP contribution in [0.25, 0.3) is 0 Å². The van der Waals surface area contributed by atoms with Crippen LogP contribution in [0.1, 0.15) is 87.1 Å². The highest BCUT2D eigenvalue weighted by Gasteiger charge is 2.40. The molecule has 0 radical (unpaired) electrons. The van der Waals surface area contributed by atoms with Crippen LogP contribution in [0.4, 0.5) is 0 Å². The fourth-order valence-electron chi connectivity index (χ4n) is 6.21. The van der Waals surface area contributed by atoms with Crippen molar-refractivity contribution in [3.05, 3.63) is 71.8 Å². The van der Waals surface area contributed by atoms with Gasteiger partial charge in [-0.2, -0.15) is 0 Å². The van der Waals surface area contributed by atoms with Crippen LogP contribution in [0.15, 0.2) is 60.7 Å². The zero-order valence-corrected chi connectivity index (χ0v) is 30.0. The molecular weight excluding hydrogens is 676 g/mol. The maximum Gasteiger partial charge on any atom is 0.338 e. The Hall–Kier alpha value is -3.89. The van der Waals surface area contributed by atoms with Crippen molar-refractivity contribution in [2.24, 2.45) is 11.8 Å². The molecule has 0 aliphatic heterocycles. The van der Waals surface area contributed by atoms with Crippen molar-refractivity contribution in [2.75, 3.05) is 20.3 Å². The van der Waals surface area contributed by atoms with Gasteiger partial charge in [0, 0.05) is 6.42 Å². The number of hydrogen-bond acceptors (Lipinski definition) is 13. The van der Waals surface area contributed by atoms with Crippen LogP contribution in [-0.2, 0) is 25.6 Å². The maximum atomic E-state index is 12.7. The van der Waals surface area contributed by atoms with Gasteiger partial charge in [0.2, 0.25) is 5.91 Å². The maximum absolute atomic E-state index is 12.7. The number of allylic oxidation sites excluding steroid dienone is 2. The zero-order valence-electron chi connectivity index (χ0n) is 30.0. The van der Waals surface area contributed by atoms with Gasteiger partial charge in [-0.3, -0.25) is 20.0 Å². The second kappa shape index (κ2) is 22.9. The van der Waals surface area contributed by atoms with E-state index in [1.807, 2.05) is 42.5 Å². The molecule has 0 saturated heterocycles. The molecule has 0 aromatic heterocycles. The molecule has 1 aliphatic rings. The summed E-state index contributed by atoms with van der Waals surface area (Å²) in [6.45, 7) is 1.60. The standard InChI is InChI=1S/C38H54N2O12/c1-26(37(45)52-34-21-17-28(24-35(34)49-2)38(46)50-22-10-11-23-51-40(47)48)39-36(44)15-9-4-3-8-14-30-31(33(43)25-32(30)42)20-19-29(41)18-16-27-12-6-5-7-13-27/h3,5-8,12-13,17,21,24,26,29-33,41-43,47-48H,4,9-11,14-16,18-20,22-23,25H2,1-2H3,(H,39,44)/b8-3-/t26?,29-,30+,31+,32-,33+/m0/s1. The van der Waals surface area contributed by atoms with Crippen LogP contribution < -0.4 is 14.8 Å². The summed E-state index contributed by atoms with van der Waals surface area (Å²) >= 11 is 0. The molecule has 14 heteroatoms. The highest BCUT2D eigenvalue weighted by molar-refractivity contribution is 5.90. The summed E-state index contributed by atoms with van der Waals surface area (Å²) < 4.78 is 15.9. The van der Waals surface area contributed by atoms with E-state index >= 15 is 0 Å². The minimum Gasteiger partial charge on any atom is -0.493 e. The average Bonchev–Trinajstić information content (AvgIpc) is 3.40. The Morgan fingerprint density at radius 1 is 0.942 bits per heavy atom. The van der Waals surface area contributed by atoms with E-state index in [1.54, 1.807) is 0 Å². The van der Waals surface area contributed by atoms with E-state index < -0.39 is 36.3 Å². The summed E-state index contributed by atoms with van der Waals surface area (Å²) in [6.07, 6.45) is 8.00. The Morgan fingerprint density at radius 3 is 2.40 bits per heavy atom. The van der Waals surface area contributed by atoms with Crippen molar-refractivity contribution >= 4 is 17.8 Å². The lowest BCUT2D eigenvalue weighted by Crippen LogP contribution is -2.40. The second-order valence-corrected chi connectivity index (χ2v) is 13.1. The number of nitrogens with one attached hydrogen (secondary N) is 1. The number of amides is 1. The van der Waals surface area contributed by atoms with Gasteiger partial charge in [0.25, 0.3) is 0 Å². The molecule has 1 fully saturated rings. The third kappa shape index (κ3) is 15.0. The fourth-order valence-corrected chi connectivity index (χ4v) is 6.21. The summed E-state index contributed by atoms with van der Waals surface area (Å²) in [6, 6.07) is 13.2. The number of unbranched alkanes of at least 4 members (excludes halogenated alkanes) is 2. The summed E-state index contributed by atoms with van der Waals surface area (Å²) in [5.74, 6) is -1.68. The summed E-state index contributed by atoms with van der Waals surface area (Å²) in [7, 11) is 1.35. The van der Waals surface area contributed by atoms with Gasteiger partial charge in [0.1, 0.15) is 6.04 Å². The fraction of sp³-hybridized carbons (Fsp3) is 0.553. The Kier molecular flexibility index (Phi) is 18.7. The molecule has 0 spiro atoms. The van der Waals surface area contributed by atoms with E-state index in [-0.39, 0.29) is 59.8 Å². The molecule has 0 heterocycles. The Bertz CT molecular complexity index is 1410. The number of esters is 2. The number of carbonyl (C=O) groups is 3. The minimum absolute atomic E-state index is 0.0277. The van der Waals surface area contributed by atoms with Crippen LogP contribution in [0.3, 0.4) is 0 Å². The van der Waals surface area contributed by atoms with Gasteiger partial charge in [-0.05, 0) is 107 Å². The number of aliphatic hydroxyl groups is 3. The number of aliphatic hydroxyl groups excluding tert-OH is 3. The normalized spacial score (nSPS) is 19.8. The monoisotopic (exact) mass is 730 g/mol. The number of methoxy groups -OCH3 is 1. The quantitative estimate of drug-likeness (QED) is 0.0311. The number of carbonyl (C=O) groups excluding carboxylic acids is 3. The van der Waals surface area contributed by atoms with Gasteiger partial charge >= 0.3 is 11.9 Å². The predicted octanol–water partition coefficient (Wildman–Crippen LogP) is 4.30. The molecule has 1 aliphatic carbocycles. The minimum atomic E-state index is -0.950. The zero-order chi connectivity index (χ0) is 37.9. The van der Waals surface area contributed by atoms with Crippen molar-refractivity contribution in [2.45, 2.75) is 102 Å². The van der Waals surface area contributed by atoms with Crippen molar-refractivity contribution in [3.8, 4) is 11.5 Å². The van der Waals surface area contributed by atoms with Crippen LogP contribution in [0, 0.1) is 11.8 Å². The lowest BCUT2D eigenvalue weighted by Gasteiger charge is -2.23. The summed E-state index contributed by atoms with van der Waals surface area (Å²) in [4.78, 5) is 42.0. The number of rotatable bonds is 23. The Balaban J connectivity index is 1.34. The van der Waals surface area contributed by atoms with E-state index in [0.29, 0.717) is 57.8 Å². The highest BCUT2D eigenvalue weighted by Crippen LogP contribution is 2.38. The Labute approximate surface area is 304 Å². The van der Waals surface area contributed by atoms with Crippen molar-refractivity contribution < 1.29 is 59.2 Å².